The number of benzene rings is 2. The number of ether oxygens (including phenoxy) is 1. The van der Waals surface area contributed by atoms with Gasteiger partial charge in [0.1, 0.15) is 18.2 Å². The first-order valence-electron chi connectivity index (χ1n) is 6.70. The van der Waals surface area contributed by atoms with Gasteiger partial charge in [-0.25, -0.2) is 4.39 Å². The van der Waals surface area contributed by atoms with E-state index in [-0.39, 0.29) is 12.5 Å². The highest BCUT2D eigenvalue weighted by Crippen LogP contribution is 2.24. The van der Waals surface area contributed by atoms with Crippen molar-refractivity contribution in [1.82, 2.24) is 4.90 Å². The molecule has 2 N–H and O–H groups in total. The average molecular weight is 286 g/mol. The molecule has 3 rings (SSSR count). The maximum Gasteiger partial charge on any atom is 0.258 e. The third-order valence-electron chi connectivity index (χ3n) is 3.46. The van der Waals surface area contributed by atoms with Crippen LogP contribution in [0.25, 0.3) is 0 Å². The standard InChI is InChI=1S/C16H15FN2O2/c17-14-9-12(18)6-5-11(14)10-19-7-8-21-15-4-2-1-3-13(15)16(19)20/h1-6,9H,7-8,10,18H2. The smallest absolute Gasteiger partial charge is 0.258 e. The van der Waals surface area contributed by atoms with E-state index < -0.39 is 5.82 Å². The molecule has 0 aliphatic carbocycles. The van der Waals surface area contributed by atoms with Crippen molar-refractivity contribution in [3.05, 3.63) is 59.4 Å². The molecule has 108 valence electrons. The zero-order valence-corrected chi connectivity index (χ0v) is 11.4. The van der Waals surface area contributed by atoms with Gasteiger partial charge >= 0.3 is 0 Å². The number of hydrogen-bond acceptors (Lipinski definition) is 3. The van der Waals surface area contributed by atoms with Crippen molar-refractivity contribution in [2.24, 2.45) is 0 Å². The van der Waals surface area contributed by atoms with Gasteiger partial charge in [-0.2, -0.15) is 0 Å². The third kappa shape index (κ3) is 2.67. The summed E-state index contributed by atoms with van der Waals surface area (Å²) in [6, 6.07) is 11.6. The second-order valence-electron chi connectivity index (χ2n) is 4.92. The van der Waals surface area contributed by atoms with Crippen molar-refractivity contribution in [2.45, 2.75) is 6.54 Å². The molecule has 1 amide bonds. The molecule has 5 heteroatoms. The summed E-state index contributed by atoms with van der Waals surface area (Å²) in [5.41, 5.74) is 6.85. The quantitative estimate of drug-likeness (QED) is 0.863. The minimum absolute atomic E-state index is 0.153. The molecule has 2 aromatic rings. The fourth-order valence-electron chi connectivity index (χ4n) is 2.36. The summed E-state index contributed by atoms with van der Waals surface area (Å²) in [4.78, 5) is 14.1. The van der Waals surface area contributed by atoms with Crippen molar-refractivity contribution in [1.29, 1.82) is 0 Å². The van der Waals surface area contributed by atoms with Crippen LogP contribution in [0.3, 0.4) is 0 Å². The number of rotatable bonds is 2. The fourth-order valence-corrected chi connectivity index (χ4v) is 2.36. The van der Waals surface area contributed by atoms with Gasteiger partial charge < -0.3 is 15.4 Å². The summed E-state index contributed by atoms with van der Waals surface area (Å²) in [6.45, 7) is 0.999. The molecule has 0 saturated heterocycles. The summed E-state index contributed by atoms with van der Waals surface area (Å²) in [5.74, 6) is 0.0170. The minimum atomic E-state index is -0.402. The van der Waals surface area contributed by atoms with Crippen LogP contribution in [0.1, 0.15) is 15.9 Å². The number of halogens is 1. The van der Waals surface area contributed by atoms with Gasteiger partial charge in [-0.05, 0) is 24.3 Å². The predicted molar refractivity (Wildman–Crippen MR) is 77.5 cm³/mol. The van der Waals surface area contributed by atoms with E-state index in [1.165, 1.54) is 6.07 Å². The first-order chi connectivity index (χ1) is 10.1. The van der Waals surface area contributed by atoms with E-state index in [9.17, 15) is 9.18 Å². The van der Waals surface area contributed by atoms with Crippen LogP contribution in [0.15, 0.2) is 42.5 Å². The molecule has 21 heavy (non-hydrogen) atoms. The number of para-hydroxylation sites is 1. The van der Waals surface area contributed by atoms with E-state index in [1.807, 2.05) is 6.07 Å². The van der Waals surface area contributed by atoms with Crippen molar-refractivity contribution in [3.63, 3.8) is 0 Å². The van der Waals surface area contributed by atoms with Crippen LogP contribution in [-0.4, -0.2) is 24.0 Å². The highest BCUT2D eigenvalue weighted by Gasteiger charge is 2.23. The molecule has 1 aliphatic rings. The van der Waals surface area contributed by atoms with E-state index in [1.54, 1.807) is 35.2 Å². The lowest BCUT2D eigenvalue weighted by Gasteiger charge is -2.20. The first-order valence-corrected chi connectivity index (χ1v) is 6.70. The number of nitrogens with two attached hydrogens (primary N) is 1. The van der Waals surface area contributed by atoms with Gasteiger partial charge in [0.2, 0.25) is 0 Å². The van der Waals surface area contributed by atoms with Crippen molar-refractivity contribution in [3.8, 4) is 5.75 Å². The van der Waals surface area contributed by atoms with E-state index in [2.05, 4.69) is 0 Å². The number of carbonyl (C=O) groups is 1. The van der Waals surface area contributed by atoms with E-state index >= 15 is 0 Å². The molecule has 0 spiro atoms. The summed E-state index contributed by atoms with van der Waals surface area (Å²) >= 11 is 0. The lowest BCUT2D eigenvalue weighted by Crippen LogP contribution is -2.32. The molecule has 4 nitrogen and oxygen atoms in total. The van der Waals surface area contributed by atoms with Crippen LogP contribution in [0.5, 0.6) is 5.75 Å². The second-order valence-corrected chi connectivity index (χ2v) is 4.92. The number of carbonyl (C=O) groups excluding carboxylic acids is 1. The average Bonchev–Trinajstić information content (AvgIpc) is 2.63. The van der Waals surface area contributed by atoms with Gasteiger partial charge in [0.25, 0.3) is 5.91 Å². The number of anilines is 1. The van der Waals surface area contributed by atoms with Crippen LogP contribution in [0.4, 0.5) is 10.1 Å². The van der Waals surface area contributed by atoms with E-state index in [0.29, 0.717) is 35.7 Å². The van der Waals surface area contributed by atoms with Crippen LogP contribution in [0, 0.1) is 5.82 Å². The predicted octanol–water partition coefficient (Wildman–Crippen LogP) is 2.44. The van der Waals surface area contributed by atoms with Gasteiger partial charge in [-0.3, -0.25) is 4.79 Å². The van der Waals surface area contributed by atoms with Crippen LogP contribution in [0.2, 0.25) is 0 Å². The molecule has 0 aromatic heterocycles. The van der Waals surface area contributed by atoms with Crippen LogP contribution < -0.4 is 10.5 Å². The number of amides is 1. The maximum atomic E-state index is 13.9. The lowest BCUT2D eigenvalue weighted by molar-refractivity contribution is 0.0741. The third-order valence-corrected chi connectivity index (χ3v) is 3.46. The number of nitrogen functional groups attached to an aromatic ring is 1. The largest absolute Gasteiger partial charge is 0.491 e. The molecule has 0 radical (unpaired) electrons. The summed E-state index contributed by atoms with van der Waals surface area (Å²) in [7, 11) is 0. The normalized spacial score (nSPS) is 14.3. The van der Waals surface area contributed by atoms with Crippen molar-refractivity contribution >= 4 is 11.6 Å². The Hall–Kier alpha value is -2.56. The summed E-state index contributed by atoms with van der Waals surface area (Å²) < 4.78 is 19.4. The monoisotopic (exact) mass is 286 g/mol. The molecule has 0 unspecified atom stereocenters. The van der Waals surface area contributed by atoms with Gasteiger partial charge in [0.05, 0.1) is 12.1 Å². The molecule has 2 aromatic carbocycles. The zero-order chi connectivity index (χ0) is 14.8. The molecule has 0 fully saturated rings. The molecule has 0 atom stereocenters. The topological polar surface area (TPSA) is 55.6 Å². The Labute approximate surface area is 121 Å². The first kappa shape index (κ1) is 13.4. The highest BCUT2D eigenvalue weighted by atomic mass is 19.1. The Morgan fingerprint density at radius 1 is 1.24 bits per heavy atom. The molecular weight excluding hydrogens is 271 g/mol. The number of hydrogen-bond donors (Lipinski definition) is 1. The van der Waals surface area contributed by atoms with Crippen LogP contribution >= 0.6 is 0 Å². The van der Waals surface area contributed by atoms with Gasteiger partial charge in [0, 0.05) is 17.8 Å². The Balaban J connectivity index is 1.87. The van der Waals surface area contributed by atoms with Crippen molar-refractivity contribution < 1.29 is 13.9 Å². The fraction of sp³-hybridized carbons (Fsp3) is 0.188. The zero-order valence-electron chi connectivity index (χ0n) is 11.4. The van der Waals surface area contributed by atoms with Crippen molar-refractivity contribution in [2.75, 3.05) is 18.9 Å². The molecule has 1 aliphatic heterocycles. The van der Waals surface area contributed by atoms with E-state index in [4.69, 9.17) is 10.5 Å². The SMILES string of the molecule is Nc1ccc(CN2CCOc3ccccc3C2=O)c(F)c1. The van der Waals surface area contributed by atoms with Gasteiger partial charge in [-0.15, -0.1) is 0 Å². The molecular formula is C16H15FN2O2. The molecule has 1 heterocycles. The second kappa shape index (κ2) is 5.44. The van der Waals surface area contributed by atoms with Gasteiger partial charge in [-0.1, -0.05) is 18.2 Å². The summed E-state index contributed by atoms with van der Waals surface area (Å²) in [5, 5.41) is 0. The maximum absolute atomic E-state index is 13.9. The molecule has 0 saturated carbocycles. The number of fused-ring (bicyclic) bond motifs is 1. The Bertz CT molecular complexity index is 688. The van der Waals surface area contributed by atoms with Gasteiger partial charge in [0.15, 0.2) is 0 Å². The molecule has 0 bridgehead atoms. The Morgan fingerprint density at radius 2 is 2.05 bits per heavy atom. The Morgan fingerprint density at radius 3 is 2.86 bits per heavy atom. The Kier molecular flexibility index (Phi) is 3.48. The van der Waals surface area contributed by atoms with E-state index in [0.717, 1.165) is 0 Å². The van der Waals surface area contributed by atoms with Crippen LogP contribution in [-0.2, 0) is 6.54 Å². The minimum Gasteiger partial charge on any atom is -0.491 e. The summed E-state index contributed by atoms with van der Waals surface area (Å²) in [6.07, 6.45) is 0. The lowest BCUT2D eigenvalue weighted by atomic mass is 10.1. The number of nitrogens with zero attached hydrogens (tertiary/aromatic N) is 1. The highest BCUT2D eigenvalue weighted by molar-refractivity contribution is 5.97.